The van der Waals surface area contributed by atoms with Gasteiger partial charge in [0.1, 0.15) is 0 Å². The monoisotopic (exact) mass is 345 g/mol. The van der Waals surface area contributed by atoms with Crippen molar-refractivity contribution in [2.24, 2.45) is 11.0 Å². The van der Waals surface area contributed by atoms with Gasteiger partial charge in [0.2, 0.25) is 5.91 Å². The van der Waals surface area contributed by atoms with Crippen LogP contribution in [-0.4, -0.2) is 29.6 Å². The Balaban J connectivity index is 1.84. The highest BCUT2D eigenvalue weighted by atomic mass is 32.2. The van der Waals surface area contributed by atoms with Gasteiger partial charge in [0.15, 0.2) is 0 Å². The molecule has 9 heteroatoms. The summed E-state index contributed by atoms with van der Waals surface area (Å²) in [7, 11) is 0. The first-order valence-electron chi connectivity index (χ1n) is 6.74. The van der Waals surface area contributed by atoms with E-state index in [4.69, 9.17) is 0 Å². The topological polar surface area (TPSA) is 70.6 Å². The number of nitrogens with one attached hydrogen (secondary N) is 2. The Labute approximate surface area is 134 Å². The molecular formula is C14H14F3N3O2S. The summed E-state index contributed by atoms with van der Waals surface area (Å²) in [5.74, 6) is -0.965. The van der Waals surface area contributed by atoms with E-state index in [1.807, 2.05) is 0 Å². The van der Waals surface area contributed by atoms with Crippen LogP contribution in [0, 0.1) is 5.92 Å². The Morgan fingerprint density at radius 3 is 2.52 bits per heavy atom. The third-order valence-corrected chi connectivity index (χ3v) is 3.97. The van der Waals surface area contributed by atoms with Crippen LogP contribution < -0.4 is 10.7 Å². The minimum absolute atomic E-state index is 0.0171. The summed E-state index contributed by atoms with van der Waals surface area (Å²) in [6.45, 7) is 1.99. The molecule has 1 aromatic carbocycles. The zero-order valence-corrected chi connectivity index (χ0v) is 12.9. The van der Waals surface area contributed by atoms with Crippen LogP contribution in [0.1, 0.15) is 23.7 Å². The lowest BCUT2D eigenvalue weighted by atomic mass is 10.0. The van der Waals surface area contributed by atoms with Crippen LogP contribution in [0.15, 0.2) is 34.3 Å². The van der Waals surface area contributed by atoms with Gasteiger partial charge in [-0.1, -0.05) is 0 Å². The lowest BCUT2D eigenvalue weighted by Crippen LogP contribution is -2.30. The van der Waals surface area contributed by atoms with E-state index in [1.54, 1.807) is 6.92 Å². The molecule has 1 aliphatic heterocycles. The number of benzene rings is 1. The van der Waals surface area contributed by atoms with Crippen LogP contribution in [-0.2, 0) is 4.79 Å². The molecule has 0 spiro atoms. The molecule has 1 aromatic rings. The molecule has 2 N–H and O–H groups in total. The Morgan fingerprint density at radius 2 is 2.00 bits per heavy atom. The van der Waals surface area contributed by atoms with Crippen molar-refractivity contribution in [2.45, 2.75) is 23.7 Å². The van der Waals surface area contributed by atoms with E-state index < -0.39 is 11.4 Å². The second-order valence-corrected chi connectivity index (χ2v) is 6.04. The first kappa shape index (κ1) is 17.3. The van der Waals surface area contributed by atoms with Gasteiger partial charge in [-0.3, -0.25) is 9.59 Å². The number of carbonyl (C=O) groups is 2. The predicted octanol–water partition coefficient (Wildman–Crippen LogP) is 2.54. The van der Waals surface area contributed by atoms with Gasteiger partial charge < -0.3 is 5.32 Å². The third kappa shape index (κ3) is 4.98. The van der Waals surface area contributed by atoms with Gasteiger partial charge >= 0.3 is 5.51 Å². The number of hydrazone groups is 1. The number of hydrogen-bond donors (Lipinski definition) is 2. The molecule has 1 aliphatic rings. The molecule has 0 aliphatic carbocycles. The van der Waals surface area contributed by atoms with Crippen molar-refractivity contribution in [1.29, 1.82) is 0 Å². The van der Waals surface area contributed by atoms with E-state index in [2.05, 4.69) is 15.8 Å². The molecule has 0 fully saturated rings. The minimum atomic E-state index is -4.36. The molecule has 1 atom stereocenters. The highest BCUT2D eigenvalue weighted by molar-refractivity contribution is 8.00. The summed E-state index contributed by atoms with van der Waals surface area (Å²) in [6, 6.07) is 5.15. The second-order valence-electron chi connectivity index (χ2n) is 4.90. The summed E-state index contributed by atoms with van der Waals surface area (Å²) >= 11 is -0.233. The maximum atomic E-state index is 12.2. The molecule has 124 valence electrons. The van der Waals surface area contributed by atoms with Gasteiger partial charge in [-0.15, -0.1) is 0 Å². The lowest BCUT2D eigenvalue weighted by Gasteiger charge is -2.10. The predicted molar refractivity (Wildman–Crippen MR) is 80.0 cm³/mol. The third-order valence-electron chi connectivity index (χ3n) is 3.23. The van der Waals surface area contributed by atoms with E-state index in [1.165, 1.54) is 24.3 Å². The molecule has 0 radical (unpaired) electrons. The van der Waals surface area contributed by atoms with Gasteiger partial charge in [-0.2, -0.15) is 18.3 Å². The molecule has 0 aromatic heterocycles. The van der Waals surface area contributed by atoms with Crippen LogP contribution in [0.4, 0.5) is 13.2 Å². The maximum Gasteiger partial charge on any atom is 0.446 e. The van der Waals surface area contributed by atoms with E-state index in [0.717, 1.165) is 0 Å². The molecule has 0 saturated heterocycles. The average molecular weight is 345 g/mol. The van der Waals surface area contributed by atoms with E-state index in [9.17, 15) is 22.8 Å². The van der Waals surface area contributed by atoms with Crippen LogP contribution >= 0.6 is 11.8 Å². The number of rotatable bonds is 5. The number of carbonyl (C=O) groups excluding carboxylic acids is 2. The molecule has 2 rings (SSSR count). The summed E-state index contributed by atoms with van der Waals surface area (Å²) in [5, 5.41) is 6.44. The number of thioether (sulfide) groups is 1. The van der Waals surface area contributed by atoms with Crippen molar-refractivity contribution < 1.29 is 22.8 Å². The highest BCUT2D eigenvalue weighted by Crippen LogP contribution is 2.36. The fourth-order valence-electron chi connectivity index (χ4n) is 2.07. The Bertz CT molecular complexity index is 629. The van der Waals surface area contributed by atoms with Crippen LogP contribution in [0.2, 0.25) is 0 Å². The number of halogens is 3. The molecule has 23 heavy (non-hydrogen) atoms. The molecule has 0 unspecified atom stereocenters. The lowest BCUT2D eigenvalue weighted by molar-refractivity contribution is -0.122. The van der Waals surface area contributed by atoms with Gasteiger partial charge in [0.25, 0.3) is 5.91 Å². The second kappa shape index (κ2) is 7.03. The maximum absolute atomic E-state index is 12.2. The standard InChI is InChI=1S/C14H14F3N3O2S/c1-8-11(13(22)20-19-8)6-7-18-12(21)9-2-4-10(5-3-9)23-14(15,16)17/h2-5,11H,6-7H2,1H3,(H,18,21)(H,20,22)/t11-/m0/s1. The van der Waals surface area contributed by atoms with Gasteiger partial charge in [0.05, 0.1) is 5.92 Å². The van der Waals surface area contributed by atoms with Crippen LogP contribution in [0.5, 0.6) is 0 Å². The van der Waals surface area contributed by atoms with Gasteiger partial charge in [-0.05, 0) is 49.4 Å². The SMILES string of the molecule is CC1=NNC(=O)[C@H]1CCNC(=O)c1ccc(SC(F)(F)F)cc1. The minimum Gasteiger partial charge on any atom is -0.352 e. The summed E-state index contributed by atoms with van der Waals surface area (Å²) in [6.07, 6.45) is 0.412. The van der Waals surface area contributed by atoms with Crippen LogP contribution in [0.3, 0.4) is 0 Å². The zero-order valence-electron chi connectivity index (χ0n) is 12.1. The molecule has 0 bridgehead atoms. The quantitative estimate of drug-likeness (QED) is 0.806. The average Bonchev–Trinajstić information content (AvgIpc) is 2.78. The molecule has 2 amide bonds. The number of alkyl halides is 3. The first-order chi connectivity index (χ1) is 10.8. The van der Waals surface area contributed by atoms with Gasteiger partial charge in [-0.25, -0.2) is 5.43 Å². The van der Waals surface area contributed by atoms with Crippen molar-refractivity contribution in [3.63, 3.8) is 0 Å². The summed E-state index contributed by atoms with van der Waals surface area (Å²) in [5.41, 5.74) is -1.07. The number of amides is 2. The molecule has 5 nitrogen and oxygen atoms in total. The fraction of sp³-hybridized carbons (Fsp3) is 0.357. The van der Waals surface area contributed by atoms with E-state index >= 15 is 0 Å². The number of hydrogen-bond acceptors (Lipinski definition) is 4. The van der Waals surface area contributed by atoms with Crippen molar-refractivity contribution in [2.75, 3.05) is 6.54 Å². The molecule has 1 heterocycles. The number of nitrogens with zero attached hydrogens (tertiary/aromatic N) is 1. The molecular weight excluding hydrogens is 331 g/mol. The highest BCUT2D eigenvalue weighted by Gasteiger charge is 2.29. The first-order valence-corrected chi connectivity index (χ1v) is 7.56. The van der Waals surface area contributed by atoms with Crippen molar-refractivity contribution in [1.82, 2.24) is 10.7 Å². The van der Waals surface area contributed by atoms with Crippen molar-refractivity contribution >= 4 is 29.3 Å². The van der Waals surface area contributed by atoms with Crippen molar-refractivity contribution in [3.8, 4) is 0 Å². The zero-order chi connectivity index (χ0) is 17.0. The Kier molecular flexibility index (Phi) is 5.30. The Morgan fingerprint density at radius 1 is 1.35 bits per heavy atom. The largest absolute Gasteiger partial charge is 0.446 e. The normalized spacial score (nSPS) is 17.7. The van der Waals surface area contributed by atoms with Crippen molar-refractivity contribution in [3.05, 3.63) is 29.8 Å². The van der Waals surface area contributed by atoms with Crippen LogP contribution in [0.25, 0.3) is 0 Å². The summed E-state index contributed by atoms with van der Waals surface area (Å²) < 4.78 is 36.7. The van der Waals surface area contributed by atoms with E-state index in [-0.39, 0.29) is 40.6 Å². The summed E-state index contributed by atoms with van der Waals surface area (Å²) in [4.78, 5) is 23.4. The Hall–Kier alpha value is -2.03. The van der Waals surface area contributed by atoms with Gasteiger partial charge in [0, 0.05) is 22.7 Å². The fourth-order valence-corrected chi connectivity index (χ4v) is 2.61. The van der Waals surface area contributed by atoms with E-state index in [0.29, 0.717) is 12.1 Å². The smallest absolute Gasteiger partial charge is 0.352 e. The molecule has 0 saturated carbocycles.